The maximum atomic E-state index is 13.6. The van der Waals surface area contributed by atoms with Crippen LogP contribution in [0.2, 0.25) is 0 Å². The zero-order chi connectivity index (χ0) is 12.8. The molecule has 0 fully saturated rings. The van der Waals surface area contributed by atoms with Crippen molar-refractivity contribution in [3.63, 3.8) is 0 Å². The van der Waals surface area contributed by atoms with E-state index in [0.717, 1.165) is 12.0 Å². The van der Waals surface area contributed by atoms with Gasteiger partial charge in [0.15, 0.2) is 0 Å². The second-order valence-electron chi connectivity index (χ2n) is 4.06. The number of nitrogens with zero attached hydrogens (tertiary/aromatic N) is 1. The maximum absolute atomic E-state index is 13.6. The monoisotopic (exact) mass is 239 g/mol. The topological polar surface area (TPSA) is 29.5 Å². The summed E-state index contributed by atoms with van der Waals surface area (Å²) in [5.74, 6) is -0.757. The molecule has 0 bridgehead atoms. The van der Waals surface area contributed by atoms with Gasteiger partial charge in [-0.05, 0) is 31.0 Å². The third-order valence-corrected chi connectivity index (χ3v) is 2.54. The molecule has 94 valence electrons. The van der Waals surface area contributed by atoms with Crippen molar-refractivity contribution in [1.82, 2.24) is 4.90 Å². The second kappa shape index (κ2) is 6.35. The van der Waals surface area contributed by atoms with Crippen LogP contribution in [0, 0.1) is 12.7 Å². The number of carbonyl (C=O) groups excluding carboxylic acids is 1. The Morgan fingerprint density at radius 2 is 2.18 bits per heavy atom. The van der Waals surface area contributed by atoms with Gasteiger partial charge in [-0.25, -0.2) is 4.39 Å². The first-order chi connectivity index (χ1) is 8.06. The van der Waals surface area contributed by atoms with Gasteiger partial charge in [-0.2, -0.15) is 0 Å². The number of benzene rings is 1. The quantitative estimate of drug-likeness (QED) is 0.737. The van der Waals surface area contributed by atoms with E-state index < -0.39 is 5.82 Å². The molecule has 0 aliphatic heterocycles. The van der Waals surface area contributed by atoms with Crippen molar-refractivity contribution < 1.29 is 13.9 Å². The van der Waals surface area contributed by atoms with E-state index in [1.807, 2.05) is 0 Å². The van der Waals surface area contributed by atoms with Crippen LogP contribution in [0.3, 0.4) is 0 Å². The summed E-state index contributed by atoms with van der Waals surface area (Å²) < 4.78 is 18.5. The number of amides is 1. The molecule has 0 spiro atoms. The van der Waals surface area contributed by atoms with Crippen LogP contribution in [0.5, 0.6) is 0 Å². The van der Waals surface area contributed by atoms with Gasteiger partial charge in [0, 0.05) is 27.3 Å². The Hall–Kier alpha value is -1.42. The first-order valence-corrected chi connectivity index (χ1v) is 5.57. The van der Waals surface area contributed by atoms with Crippen molar-refractivity contribution in [3.05, 3.63) is 35.1 Å². The van der Waals surface area contributed by atoms with E-state index in [4.69, 9.17) is 4.74 Å². The Bertz CT molecular complexity index is 393. The molecule has 0 saturated heterocycles. The van der Waals surface area contributed by atoms with E-state index >= 15 is 0 Å². The number of rotatable bonds is 5. The fraction of sp³-hybridized carbons (Fsp3) is 0.462. The number of aryl methyl sites for hydroxylation is 1. The highest BCUT2D eigenvalue weighted by molar-refractivity contribution is 5.94. The number of methoxy groups -OCH3 is 1. The number of hydrogen-bond acceptors (Lipinski definition) is 2. The highest BCUT2D eigenvalue weighted by Gasteiger charge is 2.15. The van der Waals surface area contributed by atoms with Crippen molar-refractivity contribution in [2.24, 2.45) is 0 Å². The third-order valence-electron chi connectivity index (χ3n) is 2.54. The van der Waals surface area contributed by atoms with Crippen molar-refractivity contribution in [1.29, 1.82) is 0 Å². The van der Waals surface area contributed by atoms with E-state index in [0.29, 0.717) is 13.2 Å². The van der Waals surface area contributed by atoms with Gasteiger partial charge in [-0.1, -0.05) is 6.07 Å². The lowest BCUT2D eigenvalue weighted by atomic mass is 10.1. The minimum absolute atomic E-state index is 0.121. The van der Waals surface area contributed by atoms with Gasteiger partial charge in [0.2, 0.25) is 0 Å². The van der Waals surface area contributed by atoms with Crippen molar-refractivity contribution in [3.8, 4) is 0 Å². The summed E-state index contributed by atoms with van der Waals surface area (Å²) >= 11 is 0. The molecule has 1 aromatic carbocycles. The molecule has 1 amide bonds. The summed E-state index contributed by atoms with van der Waals surface area (Å²) in [5.41, 5.74) is 0.927. The number of halogens is 1. The Labute approximate surface area is 101 Å². The molecule has 0 atom stereocenters. The average Bonchev–Trinajstić information content (AvgIpc) is 2.28. The summed E-state index contributed by atoms with van der Waals surface area (Å²) in [7, 11) is 3.28. The van der Waals surface area contributed by atoms with Gasteiger partial charge < -0.3 is 9.64 Å². The van der Waals surface area contributed by atoms with Gasteiger partial charge >= 0.3 is 0 Å². The standard InChI is InChI=1S/C13H18FNO2/c1-10-5-6-11(12(14)9-10)13(16)15(2)7-4-8-17-3/h5-6,9H,4,7-8H2,1-3H3. The van der Waals surface area contributed by atoms with Gasteiger partial charge in [0.05, 0.1) is 5.56 Å². The van der Waals surface area contributed by atoms with Gasteiger partial charge in [0.25, 0.3) is 5.91 Å². The summed E-state index contributed by atoms with van der Waals surface area (Å²) in [6.07, 6.45) is 0.742. The van der Waals surface area contributed by atoms with Crippen LogP contribution in [0.1, 0.15) is 22.3 Å². The largest absolute Gasteiger partial charge is 0.385 e. The first kappa shape index (κ1) is 13.6. The molecule has 0 aliphatic carbocycles. The predicted molar refractivity (Wildman–Crippen MR) is 64.6 cm³/mol. The van der Waals surface area contributed by atoms with Crippen molar-refractivity contribution in [2.75, 3.05) is 27.3 Å². The molecule has 1 rings (SSSR count). The molecule has 4 heteroatoms. The highest BCUT2D eigenvalue weighted by Crippen LogP contribution is 2.12. The molecule has 0 heterocycles. The van der Waals surface area contributed by atoms with Crippen molar-refractivity contribution >= 4 is 5.91 Å². The summed E-state index contributed by atoms with van der Waals surface area (Å²) in [6, 6.07) is 4.63. The molecule has 0 aliphatic rings. The van der Waals surface area contributed by atoms with E-state index in [1.54, 1.807) is 27.1 Å². The molecule has 0 saturated carbocycles. The Balaban J connectivity index is 2.68. The normalized spacial score (nSPS) is 10.4. The molecule has 0 aromatic heterocycles. The highest BCUT2D eigenvalue weighted by atomic mass is 19.1. The minimum Gasteiger partial charge on any atom is -0.385 e. The van der Waals surface area contributed by atoms with E-state index in [2.05, 4.69) is 0 Å². The predicted octanol–water partition coefficient (Wildman–Crippen LogP) is 2.24. The molecule has 0 N–H and O–H groups in total. The Morgan fingerprint density at radius 3 is 2.76 bits per heavy atom. The zero-order valence-electron chi connectivity index (χ0n) is 10.5. The van der Waals surface area contributed by atoms with Gasteiger partial charge in [-0.3, -0.25) is 4.79 Å². The summed E-state index contributed by atoms with van der Waals surface area (Å²) in [6.45, 7) is 2.94. The minimum atomic E-state index is -0.464. The van der Waals surface area contributed by atoms with Crippen molar-refractivity contribution in [2.45, 2.75) is 13.3 Å². The molecular weight excluding hydrogens is 221 g/mol. The number of hydrogen-bond donors (Lipinski definition) is 0. The van der Waals surface area contributed by atoms with Crippen LogP contribution in [0.25, 0.3) is 0 Å². The van der Waals surface area contributed by atoms with Crippen LogP contribution < -0.4 is 0 Å². The second-order valence-corrected chi connectivity index (χ2v) is 4.06. The Kier molecular flexibility index (Phi) is 5.10. The van der Waals surface area contributed by atoms with Gasteiger partial charge in [-0.15, -0.1) is 0 Å². The number of ether oxygens (including phenoxy) is 1. The van der Waals surface area contributed by atoms with Crippen LogP contribution in [-0.2, 0) is 4.74 Å². The van der Waals surface area contributed by atoms with E-state index in [9.17, 15) is 9.18 Å². The smallest absolute Gasteiger partial charge is 0.256 e. The van der Waals surface area contributed by atoms with Crippen LogP contribution in [-0.4, -0.2) is 38.1 Å². The zero-order valence-corrected chi connectivity index (χ0v) is 10.5. The maximum Gasteiger partial charge on any atom is 0.256 e. The summed E-state index contributed by atoms with van der Waals surface area (Å²) in [4.78, 5) is 13.4. The van der Waals surface area contributed by atoms with E-state index in [1.165, 1.54) is 17.0 Å². The molecular formula is C13H18FNO2. The number of carbonyl (C=O) groups is 1. The molecule has 3 nitrogen and oxygen atoms in total. The lowest BCUT2D eigenvalue weighted by Crippen LogP contribution is -2.29. The molecule has 0 radical (unpaired) electrons. The lowest BCUT2D eigenvalue weighted by molar-refractivity contribution is 0.0775. The van der Waals surface area contributed by atoms with Crippen LogP contribution in [0.4, 0.5) is 4.39 Å². The SMILES string of the molecule is COCCCN(C)C(=O)c1ccc(C)cc1F. The van der Waals surface area contributed by atoms with Crippen LogP contribution in [0.15, 0.2) is 18.2 Å². The summed E-state index contributed by atoms with van der Waals surface area (Å²) in [5, 5.41) is 0. The third kappa shape index (κ3) is 3.82. The fourth-order valence-electron chi connectivity index (χ4n) is 1.55. The molecule has 17 heavy (non-hydrogen) atoms. The van der Waals surface area contributed by atoms with Gasteiger partial charge in [0.1, 0.15) is 5.82 Å². The fourth-order valence-corrected chi connectivity index (χ4v) is 1.55. The lowest BCUT2D eigenvalue weighted by Gasteiger charge is -2.17. The molecule has 0 unspecified atom stereocenters. The molecule has 1 aromatic rings. The Morgan fingerprint density at radius 1 is 1.47 bits per heavy atom. The van der Waals surface area contributed by atoms with Crippen LogP contribution >= 0.6 is 0 Å². The van der Waals surface area contributed by atoms with E-state index in [-0.39, 0.29) is 11.5 Å². The first-order valence-electron chi connectivity index (χ1n) is 5.57. The average molecular weight is 239 g/mol.